The number of carbonyl (C=O) groups is 1. The number of pyridine rings is 1. The van der Waals surface area contributed by atoms with Gasteiger partial charge in [-0.3, -0.25) is 9.59 Å². The van der Waals surface area contributed by atoms with E-state index in [0.717, 1.165) is 12.8 Å². The molecule has 0 spiro atoms. The number of hydrogen-bond acceptors (Lipinski definition) is 3. The molecule has 0 aliphatic rings. The molecule has 2 N–H and O–H groups in total. The van der Waals surface area contributed by atoms with E-state index in [-0.39, 0.29) is 24.6 Å². The second-order valence-electron chi connectivity index (χ2n) is 4.64. The highest BCUT2D eigenvalue weighted by molar-refractivity contribution is 5.75. The van der Waals surface area contributed by atoms with E-state index in [0.29, 0.717) is 18.9 Å². The molecule has 5 nitrogen and oxygen atoms in total. The first-order chi connectivity index (χ1) is 9.17. The molecule has 0 aliphatic carbocycles. The molecule has 106 valence electrons. The van der Waals surface area contributed by atoms with Crippen molar-refractivity contribution in [3.8, 4) is 0 Å². The van der Waals surface area contributed by atoms with E-state index in [1.807, 2.05) is 0 Å². The summed E-state index contributed by atoms with van der Waals surface area (Å²) in [5.41, 5.74) is -0.182. The number of nitrogens with zero attached hydrogens (tertiary/aromatic N) is 1. The smallest absolute Gasteiger partial charge is 0.250 e. The van der Waals surface area contributed by atoms with Crippen LogP contribution in [-0.4, -0.2) is 28.7 Å². The minimum Gasteiger partial charge on any atom is -0.396 e. The minimum absolute atomic E-state index is 0.0393. The average molecular weight is 266 g/mol. The second-order valence-corrected chi connectivity index (χ2v) is 4.64. The van der Waals surface area contributed by atoms with Crippen LogP contribution in [0.2, 0.25) is 0 Å². The van der Waals surface area contributed by atoms with Gasteiger partial charge in [-0.05, 0) is 24.8 Å². The van der Waals surface area contributed by atoms with Gasteiger partial charge in [0.05, 0.1) is 0 Å². The summed E-state index contributed by atoms with van der Waals surface area (Å²) in [6, 6.07) is 4.80. The first-order valence-corrected chi connectivity index (χ1v) is 6.70. The Balaban J connectivity index is 2.43. The van der Waals surface area contributed by atoms with Crippen molar-refractivity contribution in [3.05, 3.63) is 34.7 Å². The van der Waals surface area contributed by atoms with Gasteiger partial charge in [-0.2, -0.15) is 0 Å². The molecule has 1 atom stereocenters. The van der Waals surface area contributed by atoms with Crippen LogP contribution in [0, 0.1) is 5.92 Å². The zero-order chi connectivity index (χ0) is 14.1. The van der Waals surface area contributed by atoms with Crippen LogP contribution >= 0.6 is 0 Å². The number of aliphatic hydroxyl groups excluding tert-OH is 1. The van der Waals surface area contributed by atoms with Crippen LogP contribution in [0.3, 0.4) is 0 Å². The number of aromatic nitrogens is 1. The van der Waals surface area contributed by atoms with Gasteiger partial charge in [0, 0.05) is 25.4 Å². The van der Waals surface area contributed by atoms with Crippen molar-refractivity contribution < 1.29 is 9.90 Å². The molecule has 1 amide bonds. The van der Waals surface area contributed by atoms with Gasteiger partial charge in [0.2, 0.25) is 5.91 Å². The number of hydrogen-bond donors (Lipinski definition) is 2. The Morgan fingerprint density at radius 1 is 1.42 bits per heavy atom. The first kappa shape index (κ1) is 15.4. The zero-order valence-electron chi connectivity index (χ0n) is 11.3. The summed E-state index contributed by atoms with van der Waals surface area (Å²) in [7, 11) is 0. The maximum Gasteiger partial charge on any atom is 0.250 e. The van der Waals surface area contributed by atoms with Crippen LogP contribution in [0.15, 0.2) is 29.2 Å². The van der Waals surface area contributed by atoms with E-state index in [9.17, 15) is 9.59 Å². The Kier molecular flexibility index (Phi) is 6.89. The predicted octanol–water partition coefficient (Wildman–Crippen LogP) is 0.763. The molecule has 5 heteroatoms. The van der Waals surface area contributed by atoms with Crippen LogP contribution in [0.4, 0.5) is 0 Å². The van der Waals surface area contributed by atoms with Crippen molar-refractivity contribution in [1.29, 1.82) is 0 Å². The number of rotatable bonds is 8. The normalized spacial score (nSPS) is 12.1. The number of carbonyl (C=O) groups excluding carboxylic acids is 1. The van der Waals surface area contributed by atoms with E-state index in [1.54, 1.807) is 18.3 Å². The average Bonchev–Trinajstić information content (AvgIpc) is 2.39. The molecular formula is C14H22N2O3. The number of aliphatic hydroxyl groups is 1. The fourth-order valence-electron chi connectivity index (χ4n) is 2.00. The van der Waals surface area contributed by atoms with Crippen molar-refractivity contribution in [3.63, 3.8) is 0 Å². The van der Waals surface area contributed by atoms with Gasteiger partial charge in [0.1, 0.15) is 6.54 Å². The van der Waals surface area contributed by atoms with E-state index in [4.69, 9.17) is 5.11 Å². The van der Waals surface area contributed by atoms with Crippen molar-refractivity contribution >= 4 is 5.91 Å². The third-order valence-electron chi connectivity index (χ3n) is 3.04. The summed E-state index contributed by atoms with van der Waals surface area (Å²) in [5, 5.41) is 11.8. The maximum absolute atomic E-state index is 11.7. The third-order valence-corrected chi connectivity index (χ3v) is 3.04. The van der Waals surface area contributed by atoms with Crippen LogP contribution in [0.5, 0.6) is 0 Å². The molecule has 1 aromatic heterocycles. The highest BCUT2D eigenvalue weighted by Crippen LogP contribution is 2.09. The topological polar surface area (TPSA) is 71.3 Å². The molecule has 0 saturated carbocycles. The van der Waals surface area contributed by atoms with Gasteiger partial charge in [0.15, 0.2) is 0 Å². The third kappa shape index (κ3) is 5.70. The molecule has 0 aliphatic heterocycles. The number of nitrogens with one attached hydrogen (secondary N) is 1. The van der Waals surface area contributed by atoms with E-state index in [1.165, 1.54) is 10.6 Å². The van der Waals surface area contributed by atoms with Crippen molar-refractivity contribution in [1.82, 2.24) is 9.88 Å². The summed E-state index contributed by atoms with van der Waals surface area (Å²) >= 11 is 0. The Morgan fingerprint density at radius 2 is 2.21 bits per heavy atom. The lowest BCUT2D eigenvalue weighted by Gasteiger charge is -2.15. The predicted molar refractivity (Wildman–Crippen MR) is 73.8 cm³/mol. The van der Waals surface area contributed by atoms with Crippen LogP contribution < -0.4 is 10.9 Å². The number of amides is 1. The SMILES string of the molecule is CCCC(CCO)CNC(=O)Cn1ccccc1=O. The zero-order valence-corrected chi connectivity index (χ0v) is 11.3. The van der Waals surface area contributed by atoms with Gasteiger partial charge in [-0.25, -0.2) is 0 Å². The monoisotopic (exact) mass is 266 g/mol. The summed E-state index contributed by atoms with van der Waals surface area (Å²) in [4.78, 5) is 23.2. The Hall–Kier alpha value is -1.62. The molecule has 1 heterocycles. The van der Waals surface area contributed by atoms with Crippen molar-refractivity contribution in [2.45, 2.75) is 32.7 Å². The molecule has 0 bridgehead atoms. The maximum atomic E-state index is 11.7. The molecule has 0 aromatic carbocycles. The Labute approximate surface area is 113 Å². The lowest BCUT2D eigenvalue weighted by atomic mass is 10.0. The highest BCUT2D eigenvalue weighted by atomic mass is 16.3. The molecule has 1 unspecified atom stereocenters. The minimum atomic E-state index is -0.182. The largest absolute Gasteiger partial charge is 0.396 e. The Morgan fingerprint density at radius 3 is 2.84 bits per heavy atom. The summed E-state index contributed by atoms with van der Waals surface area (Å²) < 4.78 is 1.37. The summed E-state index contributed by atoms with van der Waals surface area (Å²) in [5.74, 6) is 0.124. The second kappa shape index (κ2) is 8.48. The standard InChI is InChI=1S/C14H22N2O3/c1-2-5-12(7-9-17)10-15-13(18)11-16-8-4-3-6-14(16)19/h3-4,6,8,12,17H,2,5,7,9-11H2,1H3,(H,15,18). The van der Waals surface area contributed by atoms with E-state index in [2.05, 4.69) is 12.2 Å². The van der Waals surface area contributed by atoms with Crippen molar-refractivity contribution in [2.75, 3.05) is 13.2 Å². The molecule has 0 fully saturated rings. The lowest BCUT2D eigenvalue weighted by Crippen LogP contribution is -2.34. The van der Waals surface area contributed by atoms with Gasteiger partial charge < -0.3 is 15.0 Å². The fraction of sp³-hybridized carbons (Fsp3) is 0.571. The lowest BCUT2D eigenvalue weighted by molar-refractivity contribution is -0.121. The molecule has 1 aromatic rings. The molecule has 0 radical (unpaired) electrons. The van der Waals surface area contributed by atoms with Gasteiger partial charge in [0.25, 0.3) is 5.56 Å². The van der Waals surface area contributed by atoms with E-state index < -0.39 is 0 Å². The fourth-order valence-corrected chi connectivity index (χ4v) is 2.00. The highest BCUT2D eigenvalue weighted by Gasteiger charge is 2.09. The molecule has 0 saturated heterocycles. The quantitative estimate of drug-likeness (QED) is 0.730. The molecule has 1 rings (SSSR count). The summed E-state index contributed by atoms with van der Waals surface area (Å²) in [6.45, 7) is 2.81. The van der Waals surface area contributed by atoms with Crippen LogP contribution in [0.25, 0.3) is 0 Å². The van der Waals surface area contributed by atoms with Gasteiger partial charge in [-0.15, -0.1) is 0 Å². The summed E-state index contributed by atoms with van der Waals surface area (Å²) in [6.07, 6.45) is 4.30. The Bertz CT molecular complexity index is 436. The molecular weight excluding hydrogens is 244 g/mol. The molecule has 19 heavy (non-hydrogen) atoms. The first-order valence-electron chi connectivity index (χ1n) is 6.70. The van der Waals surface area contributed by atoms with Crippen molar-refractivity contribution in [2.24, 2.45) is 5.92 Å². The van der Waals surface area contributed by atoms with Crippen LogP contribution in [0.1, 0.15) is 26.2 Å². The van der Waals surface area contributed by atoms with E-state index >= 15 is 0 Å². The van der Waals surface area contributed by atoms with Crippen LogP contribution in [-0.2, 0) is 11.3 Å². The van der Waals surface area contributed by atoms with Gasteiger partial charge >= 0.3 is 0 Å². The van der Waals surface area contributed by atoms with Gasteiger partial charge in [-0.1, -0.05) is 19.4 Å².